The molecular weight excluding hydrogens is 174 g/mol. The van der Waals surface area contributed by atoms with Crippen molar-refractivity contribution in [3.63, 3.8) is 0 Å². The van der Waals surface area contributed by atoms with E-state index in [9.17, 15) is 0 Å². The second kappa shape index (κ2) is 5.13. The quantitative estimate of drug-likeness (QED) is 0.692. The zero-order chi connectivity index (χ0) is 10.7. The van der Waals surface area contributed by atoms with Crippen molar-refractivity contribution in [1.82, 2.24) is 4.90 Å². The van der Waals surface area contributed by atoms with E-state index in [0.717, 1.165) is 5.92 Å². The number of ether oxygens (including phenoxy) is 1. The third-order valence-electron chi connectivity index (χ3n) is 3.51. The minimum atomic E-state index is 0.477. The number of methoxy groups -OCH3 is 1. The highest BCUT2D eigenvalue weighted by molar-refractivity contribution is 4.84. The van der Waals surface area contributed by atoms with Crippen molar-refractivity contribution in [3.05, 3.63) is 0 Å². The molecule has 1 rings (SSSR count). The van der Waals surface area contributed by atoms with Crippen molar-refractivity contribution in [2.24, 2.45) is 11.8 Å². The molecule has 2 atom stereocenters. The Balaban J connectivity index is 2.57. The van der Waals surface area contributed by atoms with Gasteiger partial charge in [-0.3, -0.25) is 0 Å². The van der Waals surface area contributed by atoms with E-state index < -0.39 is 0 Å². The van der Waals surface area contributed by atoms with E-state index in [1.165, 1.54) is 19.5 Å². The predicted molar refractivity (Wildman–Crippen MR) is 60.5 cm³/mol. The smallest absolute Gasteiger partial charge is 0.0626 e. The molecule has 14 heavy (non-hydrogen) atoms. The largest absolute Gasteiger partial charge is 0.381 e. The number of likely N-dealkylation sites (tertiary alicyclic amines) is 1. The first-order valence-electron chi connectivity index (χ1n) is 5.83. The first-order valence-corrected chi connectivity index (χ1v) is 5.83. The molecular formula is C12H25NO. The maximum absolute atomic E-state index is 5.57. The normalized spacial score (nSPS) is 30.2. The van der Waals surface area contributed by atoms with E-state index in [4.69, 9.17) is 4.74 Å². The lowest BCUT2D eigenvalue weighted by atomic mass is 9.85. The van der Waals surface area contributed by atoms with Gasteiger partial charge in [0.2, 0.25) is 0 Å². The molecule has 0 spiro atoms. The number of rotatable bonds is 3. The summed E-state index contributed by atoms with van der Waals surface area (Å²) < 4.78 is 5.57. The number of nitrogens with zero attached hydrogens (tertiary/aromatic N) is 1. The van der Waals surface area contributed by atoms with Gasteiger partial charge in [0.25, 0.3) is 0 Å². The molecule has 0 bridgehead atoms. The van der Waals surface area contributed by atoms with Crippen LogP contribution in [-0.4, -0.2) is 37.2 Å². The molecule has 0 radical (unpaired) electrons. The lowest BCUT2D eigenvalue weighted by Gasteiger charge is -2.41. The van der Waals surface area contributed by atoms with Crippen LogP contribution >= 0.6 is 0 Å². The SMILES string of the molecule is COC1CCN(C(C)C)CC1C(C)C. The van der Waals surface area contributed by atoms with Gasteiger partial charge in [0.05, 0.1) is 6.10 Å². The van der Waals surface area contributed by atoms with Crippen molar-refractivity contribution in [2.75, 3.05) is 20.2 Å². The molecule has 1 aliphatic rings. The second-order valence-corrected chi connectivity index (χ2v) is 5.06. The first-order chi connectivity index (χ1) is 6.56. The minimum absolute atomic E-state index is 0.477. The summed E-state index contributed by atoms with van der Waals surface area (Å²) in [7, 11) is 1.85. The Bertz CT molecular complexity index is 168. The maximum Gasteiger partial charge on any atom is 0.0626 e. The van der Waals surface area contributed by atoms with Crippen molar-refractivity contribution in [2.45, 2.75) is 46.3 Å². The Labute approximate surface area is 88.6 Å². The van der Waals surface area contributed by atoms with Crippen molar-refractivity contribution in [3.8, 4) is 0 Å². The standard InChI is InChI=1S/C12H25NO/c1-9(2)11-8-13(10(3)4)7-6-12(11)14-5/h9-12H,6-8H2,1-5H3. The van der Waals surface area contributed by atoms with Gasteiger partial charge in [0.1, 0.15) is 0 Å². The average molecular weight is 199 g/mol. The zero-order valence-electron chi connectivity index (χ0n) is 10.3. The summed E-state index contributed by atoms with van der Waals surface area (Å²) in [5, 5.41) is 0. The van der Waals surface area contributed by atoms with Gasteiger partial charge < -0.3 is 9.64 Å². The number of hydrogen-bond acceptors (Lipinski definition) is 2. The van der Waals surface area contributed by atoms with Crippen LogP contribution in [0.3, 0.4) is 0 Å². The lowest BCUT2D eigenvalue weighted by Crippen LogP contribution is -2.48. The van der Waals surface area contributed by atoms with E-state index in [-0.39, 0.29) is 0 Å². The van der Waals surface area contributed by atoms with E-state index in [1.54, 1.807) is 0 Å². The Morgan fingerprint density at radius 3 is 2.29 bits per heavy atom. The minimum Gasteiger partial charge on any atom is -0.381 e. The van der Waals surface area contributed by atoms with Crippen LogP contribution < -0.4 is 0 Å². The van der Waals surface area contributed by atoms with Crippen LogP contribution in [-0.2, 0) is 4.74 Å². The average Bonchev–Trinajstić information content (AvgIpc) is 2.16. The Kier molecular flexibility index (Phi) is 4.39. The summed E-state index contributed by atoms with van der Waals surface area (Å²) in [4.78, 5) is 2.57. The summed E-state index contributed by atoms with van der Waals surface area (Å²) >= 11 is 0. The molecule has 1 saturated heterocycles. The summed E-state index contributed by atoms with van der Waals surface area (Å²) in [6, 6.07) is 0.675. The van der Waals surface area contributed by atoms with Crippen molar-refractivity contribution in [1.29, 1.82) is 0 Å². The van der Waals surface area contributed by atoms with E-state index in [2.05, 4.69) is 32.6 Å². The van der Waals surface area contributed by atoms with E-state index in [0.29, 0.717) is 18.1 Å². The fraction of sp³-hybridized carbons (Fsp3) is 1.00. The molecule has 1 fully saturated rings. The van der Waals surface area contributed by atoms with Crippen LogP contribution in [0.15, 0.2) is 0 Å². The third kappa shape index (κ3) is 2.71. The molecule has 0 saturated carbocycles. The Morgan fingerprint density at radius 2 is 1.86 bits per heavy atom. The highest BCUT2D eigenvalue weighted by Crippen LogP contribution is 2.27. The van der Waals surface area contributed by atoms with Gasteiger partial charge in [-0.25, -0.2) is 0 Å². The molecule has 2 unspecified atom stereocenters. The first kappa shape index (κ1) is 12.0. The van der Waals surface area contributed by atoms with Crippen LogP contribution in [0.25, 0.3) is 0 Å². The fourth-order valence-electron chi connectivity index (χ4n) is 2.39. The molecule has 0 aromatic rings. The fourth-order valence-corrected chi connectivity index (χ4v) is 2.39. The highest BCUT2D eigenvalue weighted by Gasteiger charge is 2.31. The van der Waals surface area contributed by atoms with Crippen molar-refractivity contribution >= 4 is 0 Å². The summed E-state index contributed by atoms with van der Waals surface area (Å²) in [6.07, 6.45) is 1.67. The zero-order valence-corrected chi connectivity index (χ0v) is 10.3. The molecule has 1 aliphatic heterocycles. The molecule has 84 valence electrons. The molecule has 0 aliphatic carbocycles. The van der Waals surface area contributed by atoms with Crippen LogP contribution in [0.1, 0.15) is 34.1 Å². The summed E-state index contributed by atoms with van der Waals surface area (Å²) in [5.41, 5.74) is 0. The van der Waals surface area contributed by atoms with Crippen LogP contribution in [0.5, 0.6) is 0 Å². The monoisotopic (exact) mass is 199 g/mol. The number of piperidine rings is 1. The van der Waals surface area contributed by atoms with E-state index >= 15 is 0 Å². The van der Waals surface area contributed by atoms with Gasteiger partial charge in [0.15, 0.2) is 0 Å². The molecule has 0 aromatic heterocycles. The molecule has 2 heteroatoms. The summed E-state index contributed by atoms with van der Waals surface area (Å²) in [6.45, 7) is 11.6. The topological polar surface area (TPSA) is 12.5 Å². The number of hydrogen-bond donors (Lipinski definition) is 0. The Morgan fingerprint density at radius 1 is 1.21 bits per heavy atom. The van der Waals surface area contributed by atoms with Crippen molar-refractivity contribution < 1.29 is 4.74 Å². The van der Waals surface area contributed by atoms with Gasteiger partial charge in [-0.15, -0.1) is 0 Å². The maximum atomic E-state index is 5.57. The lowest BCUT2D eigenvalue weighted by molar-refractivity contribution is -0.0311. The molecule has 0 amide bonds. The molecule has 0 N–H and O–H groups in total. The van der Waals surface area contributed by atoms with Gasteiger partial charge in [-0.05, 0) is 26.2 Å². The third-order valence-corrected chi connectivity index (χ3v) is 3.51. The predicted octanol–water partition coefficient (Wildman–Crippen LogP) is 2.39. The van der Waals surface area contributed by atoms with Gasteiger partial charge in [-0.1, -0.05) is 13.8 Å². The van der Waals surface area contributed by atoms with Crippen LogP contribution in [0, 0.1) is 11.8 Å². The van der Waals surface area contributed by atoms with Gasteiger partial charge in [0, 0.05) is 32.2 Å². The van der Waals surface area contributed by atoms with Gasteiger partial charge >= 0.3 is 0 Å². The molecule has 2 nitrogen and oxygen atoms in total. The molecule has 1 heterocycles. The summed E-state index contributed by atoms with van der Waals surface area (Å²) in [5.74, 6) is 1.43. The van der Waals surface area contributed by atoms with Gasteiger partial charge in [-0.2, -0.15) is 0 Å². The highest BCUT2D eigenvalue weighted by atomic mass is 16.5. The second-order valence-electron chi connectivity index (χ2n) is 5.06. The van der Waals surface area contributed by atoms with Crippen LogP contribution in [0.2, 0.25) is 0 Å². The van der Waals surface area contributed by atoms with E-state index in [1.807, 2.05) is 7.11 Å². The Hall–Kier alpha value is -0.0800. The molecule has 0 aromatic carbocycles. The van der Waals surface area contributed by atoms with Crippen LogP contribution in [0.4, 0.5) is 0 Å².